The van der Waals surface area contributed by atoms with Gasteiger partial charge in [0.05, 0.1) is 31.1 Å². The lowest BCUT2D eigenvalue weighted by Gasteiger charge is -2.42. The molecular weight excluding hydrogens is 556 g/mol. The number of nitrogens with one attached hydrogen (secondary N) is 1. The van der Waals surface area contributed by atoms with Gasteiger partial charge in [0.25, 0.3) is 0 Å². The molecule has 8 nitrogen and oxygen atoms in total. The Morgan fingerprint density at radius 2 is 1.77 bits per heavy atom. The number of ether oxygens (including phenoxy) is 3. The van der Waals surface area contributed by atoms with Gasteiger partial charge in [-0.2, -0.15) is 36.1 Å². The minimum Gasteiger partial charge on any atom is -0.470 e. The molecule has 1 atom stereocenters. The molecule has 0 aliphatic carbocycles. The van der Waals surface area contributed by atoms with Crippen LogP contribution >= 0.6 is 0 Å². The predicted octanol–water partition coefficient (Wildman–Crippen LogP) is 4.01. The Morgan fingerprint density at radius 3 is 2.33 bits per heavy atom. The average molecular weight is 582 g/mol. The van der Waals surface area contributed by atoms with Crippen molar-refractivity contribution in [2.75, 3.05) is 44.2 Å². The maximum atomic E-state index is 12.9. The smallest absolute Gasteiger partial charge is 0.416 e. The molecule has 2 aliphatic heterocycles. The van der Waals surface area contributed by atoms with Crippen LogP contribution in [0.3, 0.4) is 0 Å². The highest BCUT2D eigenvalue weighted by atomic mass is 32.2. The van der Waals surface area contributed by atoms with Gasteiger partial charge in [0, 0.05) is 19.9 Å². The first-order valence-corrected chi connectivity index (χ1v) is 13.2. The SMILES string of the molecule is COCCN1C(Oc2ccc(C(F)(F)F)cc2)C=CN1c1cccc(C2(NS(=O)(=O)CC(F)(F)F)COC2)c1. The van der Waals surface area contributed by atoms with Crippen LogP contribution in [0.1, 0.15) is 11.1 Å². The fraction of sp³-hybridized carbons (Fsp3) is 0.417. The molecule has 214 valence electrons. The molecule has 15 heteroatoms. The van der Waals surface area contributed by atoms with Crippen LogP contribution in [0, 0.1) is 0 Å². The molecule has 0 radical (unpaired) electrons. The van der Waals surface area contributed by atoms with E-state index in [1.807, 2.05) is 0 Å². The molecule has 2 aromatic carbocycles. The van der Waals surface area contributed by atoms with E-state index in [1.54, 1.807) is 46.6 Å². The van der Waals surface area contributed by atoms with E-state index in [0.717, 1.165) is 12.1 Å². The number of halogens is 6. The van der Waals surface area contributed by atoms with Gasteiger partial charge < -0.3 is 14.2 Å². The summed E-state index contributed by atoms with van der Waals surface area (Å²) in [4.78, 5) is 0. The molecule has 0 saturated carbocycles. The van der Waals surface area contributed by atoms with Crippen LogP contribution in [0.25, 0.3) is 0 Å². The van der Waals surface area contributed by atoms with Crippen LogP contribution in [0.15, 0.2) is 60.8 Å². The second-order valence-corrected chi connectivity index (χ2v) is 10.7. The number of rotatable bonds is 10. The molecule has 4 rings (SSSR count). The Morgan fingerprint density at radius 1 is 1.08 bits per heavy atom. The number of sulfonamides is 1. The van der Waals surface area contributed by atoms with Crippen molar-refractivity contribution in [1.29, 1.82) is 0 Å². The molecule has 0 bridgehead atoms. The van der Waals surface area contributed by atoms with E-state index >= 15 is 0 Å². The van der Waals surface area contributed by atoms with Crippen molar-refractivity contribution in [2.45, 2.75) is 24.1 Å². The summed E-state index contributed by atoms with van der Waals surface area (Å²) in [6.07, 6.45) is -6.81. The maximum Gasteiger partial charge on any atom is 0.416 e. The molecular formula is C24H25F6N3O5S. The number of anilines is 1. The first kappa shape index (κ1) is 29.1. The maximum absolute atomic E-state index is 12.9. The molecule has 1 N–H and O–H groups in total. The van der Waals surface area contributed by atoms with Crippen molar-refractivity contribution in [2.24, 2.45) is 0 Å². The molecule has 39 heavy (non-hydrogen) atoms. The van der Waals surface area contributed by atoms with Crippen LogP contribution < -0.4 is 14.5 Å². The number of methoxy groups -OCH3 is 1. The van der Waals surface area contributed by atoms with Gasteiger partial charge in [0.2, 0.25) is 10.0 Å². The van der Waals surface area contributed by atoms with Gasteiger partial charge >= 0.3 is 12.4 Å². The molecule has 1 saturated heterocycles. The van der Waals surface area contributed by atoms with Gasteiger partial charge in [-0.1, -0.05) is 12.1 Å². The third kappa shape index (κ3) is 7.03. The number of benzene rings is 2. The quantitative estimate of drug-likeness (QED) is 0.425. The molecule has 2 heterocycles. The Labute approximate surface area is 220 Å². The molecule has 1 unspecified atom stereocenters. The number of alkyl halides is 6. The first-order chi connectivity index (χ1) is 18.2. The summed E-state index contributed by atoms with van der Waals surface area (Å²) in [5.74, 6) is -1.83. The topological polar surface area (TPSA) is 80.3 Å². The van der Waals surface area contributed by atoms with Crippen LogP contribution in [-0.4, -0.2) is 65.1 Å². The van der Waals surface area contributed by atoms with E-state index in [0.29, 0.717) is 17.8 Å². The Kier molecular flexibility index (Phi) is 8.19. The zero-order valence-electron chi connectivity index (χ0n) is 20.5. The van der Waals surface area contributed by atoms with Gasteiger partial charge in [-0.15, -0.1) is 0 Å². The molecule has 0 spiro atoms. The highest BCUT2D eigenvalue weighted by molar-refractivity contribution is 7.89. The monoisotopic (exact) mass is 581 g/mol. The summed E-state index contributed by atoms with van der Waals surface area (Å²) in [5.41, 5.74) is -1.27. The van der Waals surface area contributed by atoms with Crippen molar-refractivity contribution in [3.05, 3.63) is 71.9 Å². The summed E-state index contributed by atoms with van der Waals surface area (Å²) in [5, 5.41) is 3.40. The van der Waals surface area contributed by atoms with Crippen molar-refractivity contribution in [3.8, 4) is 5.75 Å². The Bertz CT molecular complexity index is 1280. The van der Waals surface area contributed by atoms with E-state index in [2.05, 4.69) is 4.72 Å². The lowest BCUT2D eigenvalue weighted by Crippen LogP contribution is -2.60. The van der Waals surface area contributed by atoms with Crippen LogP contribution in [0.2, 0.25) is 0 Å². The number of nitrogens with zero attached hydrogens (tertiary/aromatic N) is 2. The summed E-state index contributed by atoms with van der Waals surface area (Å²) >= 11 is 0. The summed E-state index contributed by atoms with van der Waals surface area (Å²) in [7, 11) is -3.22. The summed E-state index contributed by atoms with van der Waals surface area (Å²) in [6.45, 7) is 0.248. The number of hydrazine groups is 1. The largest absolute Gasteiger partial charge is 0.470 e. The Hall–Kier alpha value is -2.85. The fourth-order valence-electron chi connectivity index (χ4n) is 4.16. The minimum atomic E-state index is -4.91. The molecule has 0 aromatic heterocycles. The van der Waals surface area contributed by atoms with E-state index < -0.39 is 45.5 Å². The Balaban J connectivity index is 1.55. The van der Waals surface area contributed by atoms with Crippen molar-refractivity contribution >= 4 is 15.7 Å². The third-order valence-corrected chi connectivity index (χ3v) is 7.40. The third-order valence-electron chi connectivity index (χ3n) is 5.99. The van der Waals surface area contributed by atoms with Crippen molar-refractivity contribution in [1.82, 2.24) is 9.73 Å². The predicted molar refractivity (Wildman–Crippen MR) is 128 cm³/mol. The second kappa shape index (κ2) is 11.0. The van der Waals surface area contributed by atoms with E-state index in [1.165, 1.54) is 19.2 Å². The van der Waals surface area contributed by atoms with Crippen molar-refractivity contribution in [3.63, 3.8) is 0 Å². The first-order valence-electron chi connectivity index (χ1n) is 11.6. The van der Waals surface area contributed by atoms with Gasteiger partial charge in [0.15, 0.2) is 12.0 Å². The van der Waals surface area contributed by atoms with Crippen molar-refractivity contribution < 1.29 is 49.0 Å². The summed E-state index contributed by atoms with van der Waals surface area (Å²) in [6, 6.07) is 10.8. The lowest BCUT2D eigenvalue weighted by atomic mass is 9.89. The lowest BCUT2D eigenvalue weighted by molar-refractivity contribution is -0.137. The van der Waals surface area contributed by atoms with Crippen LogP contribution in [-0.2, 0) is 31.2 Å². The molecule has 1 fully saturated rings. The zero-order chi connectivity index (χ0) is 28.5. The molecule has 2 aliphatic rings. The van der Waals surface area contributed by atoms with Gasteiger partial charge in [0.1, 0.15) is 11.3 Å². The highest BCUT2D eigenvalue weighted by Crippen LogP contribution is 2.36. The van der Waals surface area contributed by atoms with Crippen LogP contribution in [0.5, 0.6) is 5.75 Å². The van der Waals surface area contributed by atoms with Gasteiger partial charge in [-0.25, -0.2) is 8.42 Å². The van der Waals surface area contributed by atoms with E-state index in [-0.39, 0.29) is 25.6 Å². The van der Waals surface area contributed by atoms with Gasteiger partial charge in [-0.3, -0.25) is 5.01 Å². The fourth-order valence-corrected chi connectivity index (χ4v) is 5.50. The standard InChI is InChI=1S/C24H25F6N3O5S/c1-36-12-11-33-21(38-20-7-5-17(6-8-20)24(28,29)30)9-10-32(33)19-4-2-3-18(13-19)22(14-37-15-22)31-39(34,35)16-23(25,26)27/h2-10,13,21,31H,11-12,14-16H2,1H3. The summed E-state index contributed by atoms with van der Waals surface area (Å²) < 4.78 is 120. The number of hydrogen-bond acceptors (Lipinski definition) is 7. The average Bonchev–Trinajstić information content (AvgIpc) is 3.20. The van der Waals surface area contributed by atoms with Gasteiger partial charge in [-0.05, 0) is 48.0 Å². The van der Waals surface area contributed by atoms with E-state index in [9.17, 15) is 34.8 Å². The zero-order valence-corrected chi connectivity index (χ0v) is 21.3. The van der Waals surface area contributed by atoms with Crippen LogP contribution in [0.4, 0.5) is 32.0 Å². The highest BCUT2D eigenvalue weighted by Gasteiger charge is 2.47. The minimum absolute atomic E-state index is 0.156. The number of hydrogen-bond donors (Lipinski definition) is 1. The van der Waals surface area contributed by atoms with E-state index in [4.69, 9.17) is 14.2 Å². The second-order valence-electron chi connectivity index (χ2n) is 8.97. The normalized spacial score (nSPS) is 19.8. The molecule has 0 amide bonds. The molecule has 2 aromatic rings.